The highest BCUT2D eigenvalue weighted by Gasteiger charge is 2.25. The van der Waals surface area contributed by atoms with E-state index in [4.69, 9.17) is 9.05 Å². The van der Waals surface area contributed by atoms with Gasteiger partial charge < -0.3 is 19.7 Å². The molecular weight excluding hydrogens is 539 g/mol. The molecule has 41 heavy (non-hydrogen) atoms. The van der Waals surface area contributed by atoms with Crippen LogP contribution >= 0.6 is 7.82 Å². The summed E-state index contributed by atoms with van der Waals surface area (Å²) < 4.78 is 23.1. The highest BCUT2D eigenvalue weighted by Crippen LogP contribution is 2.44. The zero-order chi connectivity index (χ0) is 29.2. The molecule has 4 aromatic carbocycles. The van der Waals surface area contributed by atoms with Gasteiger partial charge in [-0.15, -0.1) is 0 Å². The Bertz CT molecular complexity index is 1450. The molecule has 4 aromatic rings. The van der Waals surface area contributed by atoms with Gasteiger partial charge in [-0.1, -0.05) is 61.7 Å². The molecule has 0 atom stereocenters. The number of anilines is 2. The number of phosphoric acid groups is 1. The molecule has 0 saturated heterocycles. The molecule has 0 aliphatic carbocycles. The van der Waals surface area contributed by atoms with E-state index in [9.17, 15) is 19.0 Å². The molecule has 0 saturated carbocycles. The topological polar surface area (TPSA) is 114 Å². The van der Waals surface area contributed by atoms with E-state index in [0.29, 0.717) is 24.2 Å². The number of benzene rings is 4. The monoisotopic (exact) mass is 568 g/mol. The highest BCUT2D eigenvalue weighted by atomic mass is 31.2. The average Bonchev–Trinajstić information content (AvgIpc) is 2.96. The number of nitrogens with one attached hydrogen (secondary N) is 2. The molecule has 8 nitrogen and oxygen atoms in total. The van der Waals surface area contributed by atoms with Crippen molar-refractivity contribution in [1.29, 1.82) is 0 Å². The van der Waals surface area contributed by atoms with E-state index >= 15 is 0 Å². The maximum Gasteiger partial charge on any atom is 0.584 e. The summed E-state index contributed by atoms with van der Waals surface area (Å²) in [5, 5.41) is 5.40. The molecule has 0 fully saturated rings. The lowest BCUT2D eigenvalue weighted by Crippen LogP contribution is -2.07. The van der Waals surface area contributed by atoms with Crippen molar-refractivity contribution in [2.45, 2.75) is 12.8 Å². The summed E-state index contributed by atoms with van der Waals surface area (Å²) in [6.45, 7) is 6.86. The van der Waals surface area contributed by atoms with Crippen LogP contribution < -0.4 is 19.7 Å². The van der Waals surface area contributed by atoms with E-state index in [1.165, 1.54) is 12.2 Å². The van der Waals surface area contributed by atoms with Crippen LogP contribution in [0.4, 0.5) is 11.4 Å². The Labute approximate surface area is 238 Å². The summed E-state index contributed by atoms with van der Waals surface area (Å²) in [5.74, 6) is -0.142. The summed E-state index contributed by atoms with van der Waals surface area (Å²) in [4.78, 5) is 33.1. The fourth-order valence-corrected chi connectivity index (χ4v) is 4.70. The van der Waals surface area contributed by atoms with Crippen LogP contribution in [0.25, 0.3) is 0 Å². The molecule has 9 heteroatoms. The summed E-state index contributed by atoms with van der Waals surface area (Å²) in [5.41, 5.74) is 5.37. The first kappa shape index (κ1) is 29.1. The van der Waals surface area contributed by atoms with Crippen molar-refractivity contribution in [3.05, 3.63) is 145 Å². The van der Waals surface area contributed by atoms with E-state index in [2.05, 4.69) is 23.8 Å². The van der Waals surface area contributed by atoms with Crippen LogP contribution in [0, 0.1) is 0 Å². The number of carbonyl (C=O) groups is 2. The summed E-state index contributed by atoms with van der Waals surface area (Å²) >= 11 is 0. The minimum absolute atomic E-state index is 0.200. The summed E-state index contributed by atoms with van der Waals surface area (Å²) in [6.07, 6.45) is 3.68. The lowest BCUT2D eigenvalue weighted by atomic mass is 10.0. The summed E-state index contributed by atoms with van der Waals surface area (Å²) in [6, 6.07) is 28.5. The third-order valence-corrected chi connectivity index (χ3v) is 6.80. The molecule has 0 aromatic heterocycles. The van der Waals surface area contributed by atoms with Gasteiger partial charge in [0.05, 0.1) is 0 Å². The maximum absolute atomic E-state index is 12.6. The Balaban J connectivity index is 1.29. The van der Waals surface area contributed by atoms with Gasteiger partial charge in [0.15, 0.2) is 0 Å². The zero-order valence-electron chi connectivity index (χ0n) is 22.2. The fourth-order valence-electron chi connectivity index (χ4n) is 3.89. The van der Waals surface area contributed by atoms with Crippen molar-refractivity contribution in [2.24, 2.45) is 0 Å². The number of amides is 2. The number of hydrogen-bond acceptors (Lipinski definition) is 5. The van der Waals surface area contributed by atoms with Crippen molar-refractivity contribution < 1.29 is 28.1 Å². The Kier molecular flexibility index (Phi) is 9.53. The molecule has 3 N–H and O–H groups in total. The van der Waals surface area contributed by atoms with E-state index < -0.39 is 7.82 Å². The van der Waals surface area contributed by atoms with Crippen LogP contribution in [-0.4, -0.2) is 16.7 Å². The van der Waals surface area contributed by atoms with Gasteiger partial charge in [0, 0.05) is 11.4 Å². The Morgan fingerprint density at radius 2 is 0.902 bits per heavy atom. The minimum atomic E-state index is -4.42. The van der Waals surface area contributed by atoms with Crippen molar-refractivity contribution in [3.63, 3.8) is 0 Å². The third-order valence-electron chi connectivity index (χ3n) is 5.92. The van der Waals surface area contributed by atoms with Crippen molar-refractivity contribution in [3.8, 4) is 11.5 Å². The standard InChI is InChI=1S/C32H29N2O6P/c1-3-31(35)33-27-13-5-23(6-14-27)21-25-9-17-29(18-10-25)39-41(37,38)40-30-19-11-26(12-20-30)22-24-7-15-28(16-8-24)34-32(36)4-2/h3-20H,1-2,21-22H2,(H,33,35)(H,34,36)(H,37,38). The number of hydrogen-bond donors (Lipinski definition) is 3. The predicted octanol–water partition coefficient (Wildman–Crippen LogP) is 6.68. The third kappa shape index (κ3) is 9.07. The molecule has 0 radical (unpaired) electrons. The Morgan fingerprint density at radius 3 is 1.20 bits per heavy atom. The number of rotatable bonds is 12. The van der Waals surface area contributed by atoms with E-state index in [1.807, 2.05) is 48.5 Å². The van der Waals surface area contributed by atoms with Crippen molar-refractivity contribution in [1.82, 2.24) is 0 Å². The van der Waals surface area contributed by atoms with Crippen molar-refractivity contribution in [2.75, 3.05) is 10.6 Å². The van der Waals surface area contributed by atoms with Gasteiger partial charge >= 0.3 is 7.82 Å². The molecular formula is C32H29N2O6P. The number of carbonyl (C=O) groups excluding carboxylic acids is 2. The van der Waals surface area contributed by atoms with Gasteiger partial charge in [0.25, 0.3) is 0 Å². The molecule has 4 rings (SSSR count). The SMILES string of the molecule is C=CC(=O)Nc1ccc(Cc2ccc(OP(=O)(O)Oc3ccc(Cc4ccc(NC(=O)C=C)cc4)cc3)cc2)cc1. The normalized spacial score (nSPS) is 10.8. The van der Waals surface area contributed by atoms with Crippen LogP contribution in [0.5, 0.6) is 11.5 Å². The largest absolute Gasteiger partial charge is 0.584 e. The first-order valence-corrected chi connectivity index (χ1v) is 14.2. The molecule has 0 heterocycles. The molecule has 0 unspecified atom stereocenters. The number of phosphoric ester groups is 1. The molecule has 0 bridgehead atoms. The molecule has 2 amide bonds. The van der Waals surface area contributed by atoms with E-state index in [0.717, 1.165) is 22.3 Å². The van der Waals surface area contributed by atoms with Gasteiger partial charge in [-0.2, -0.15) is 0 Å². The maximum atomic E-state index is 12.6. The lowest BCUT2D eigenvalue weighted by Gasteiger charge is -2.14. The fraction of sp³-hybridized carbons (Fsp3) is 0.0625. The quantitative estimate of drug-likeness (QED) is 0.130. The van der Waals surface area contributed by atoms with Crippen LogP contribution in [0.2, 0.25) is 0 Å². The molecule has 0 aliphatic rings. The van der Waals surface area contributed by atoms with Crippen LogP contribution in [0.1, 0.15) is 22.3 Å². The van der Waals surface area contributed by atoms with Crippen LogP contribution in [-0.2, 0) is 27.0 Å². The second-order valence-corrected chi connectivity index (χ2v) is 10.4. The van der Waals surface area contributed by atoms with E-state index in [1.54, 1.807) is 48.5 Å². The first-order valence-electron chi connectivity index (χ1n) is 12.7. The first-order chi connectivity index (χ1) is 19.7. The van der Waals surface area contributed by atoms with Gasteiger partial charge in [-0.3, -0.25) is 14.5 Å². The summed E-state index contributed by atoms with van der Waals surface area (Å²) in [7, 11) is -4.42. The smallest absolute Gasteiger partial charge is 0.395 e. The minimum Gasteiger partial charge on any atom is -0.395 e. The van der Waals surface area contributed by atoms with Gasteiger partial charge in [0.2, 0.25) is 11.8 Å². The second-order valence-electron chi connectivity index (χ2n) is 9.07. The van der Waals surface area contributed by atoms with E-state index in [-0.39, 0.29) is 23.3 Å². The predicted molar refractivity (Wildman–Crippen MR) is 160 cm³/mol. The zero-order valence-corrected chi connectivity index (χ0v) is 23.1. The second kappa shape index (κ2) is 13.4. The van der Waals surface area contributed by atoms with Crippen LogP contribution in [0.15, 0.2) is 122 Å². The van der Waals surface area contributed by atoms with Crippen LogP contribution in [0.3, 0.4) is 0 Å². The molecule has 0 spiro atoms. The van der Waals surface area contributed by atoms with Gasteiger partial charge in [0.1, 0.15) is 11.5 Å². The lowest BCUT2D eigenvalue weighted by molar-refractivity contribution is -0.112. The Morgan fingerprint density at radius 1 is 0.610 bits per heavy atom. The van der Waals surface area contributed by atoms with Crippen molar-refractivity contribution >= 4 is 31.0 Å². The Hall–Kier alpha value is -4.91. The molecule has 0 aliphatic heterocycles. The molecule has 208 valence electrons. The average molecular weight is 569 g/mol. The van der Waals surface area contributed by atoms with Gasteiger partial charge in [-0.25, -0.2) is 4.57 Å². The highest BCUT2D eigenvalue weighted by molar-refractivity contribution is 7.48. The van der Waals surface area contributed by atoms with Gasteiger partial charge in [-0.05, 0) is 95.8 Å².